The fraction of sp³-hybridized carbons (Fsp3) is 0.632. The average Bonchev–Trinajstić information content (AvgIpc) is 3.32. The van der Waals surface area contributed by atoms with Gasteiger partial charge in [-0.25, -0.2) is 0 Å². The summed E-state index contributed by atoms with van der Waals surface area (Å²) in [5, 5.41) is 20.5. The van der Waals surface area contributed by atoms with Crippen molar-refractivity contribution >= 4 is 0 Å². The van der Waals surface area contributed by atoms with Crippen molar-refractivity contribution in [2.75, 3.05) is 0 Å². The van der Waals surface area contributed by atoms with Crippen LogP contribution in [-0.2, 0) is 0 Å². The normalized spacial score (nSPS) is 25.0. The molecule has 0 aliphatic heterocycles. The topological polar surface area (TPSA) is 44.0 Å². The smallest absolute Gasteiger partial charge is 0.0976 e. The van der Waals surface area contributed by atoms with Crippen molar-refractivity contribution in [2.45, 2.75) is 64.4 Å². The van der Waals surface area contributed by atoms with E-state index in [1.165, 1.54) is 18.4 Å². The molecule has 0 aromatic heterocycles. The maximum Gasteiger partial charge on any atom is 0.0976 e. The van der Waals surface area contributed by atoms with E-state index in [4.69, 9.17) is 0 Å². The Balaban J connectivity index is 1.78. The minimum Gasteiger partial charge on any atom is -0.387 e. The summed E-state index contributed by atoms with van der Waals surface area (Å²) in [6.07, 6.45) is 5.53. The van der Waals surface area contributed by atoms with Crippen molar-refractivity contribution in [1.29, 1.82) is 5.26 Å². The van der Waals surface area contributed by atoms with E-state index in [0.717, 1.165) is 37.2 Å². The second-order valence-electron chi connectivity index (χ2n) is 7.78. The Morgan fingerprint density at radius 2 is 1.67 bits per heavy atom. The van der Waals surface area contributed by atoms with Gasteiger partial charge in [0, 0.05) is 0 Å². The van der Waals surface area contributed by atoms with Crippen molar-refractivity contribution in [1.82, 2.24) is 0 Å². The first-order valence-electron chi connectivity index (χ1n) is 8.15. The Bertz CT molecular complexity index is 538. The number of benzene rings is 1. The fourth-order valence-corrected chi connectivity index (χ4v) is 3.51. The van der Waals surface area contributed by atoms with Crippen LogP contribution in [0.3, 0.4) is 0 Å². The number of aliphatic hydroxyl groups excluding tert-OH is 1. The Kier molecular flexibility index (Phi) is 3.58. The zero-order valence-electron chi connectivity index (χ0n) is 13.1. The molecule has 0 radical (unpaired) electrons. The van der Waals surface area contributed by atoms with E-state index < -0.39 is 11.5 Å². The van der Waals surface area contributed by atoms with Crippen LogP contribution in [-0.4, -0.2) is 5.11 Å². The summed E-state index contributed by atoms with van der Waals surface area (Å²) in [6.45, 7) is 4.51. The minimum absolute atomic E-state index is 0.301. The highest BCUT2D eigenvalue weighted by molar-refractivity contribution is 5.31. The molecule has 0 saturated heterocycles. The highest BCUT2D eigenvalue weighted by Gasteiger charge is 2.44. The molecule has 0 heterocycles. The average molecular weight is 283 g/mol. The first-order chi connectivity index (χ1) is 9.96. The van der Waals surface area contributed by atoms with Crippen molar-refractivity contribution in [2.24, 2.45) is 10.8 Å². The highest BCUT2D eigenvalue weighted by Crippen LogP contribution is 2.51. The summed E-state index contributed by atoms with van der Waals surface area (Å²) in [6, 6.07) is 10.8. The van der Waals surface area contributed by atoms with Gasteiger partial charge in [-0.3, -0.25) is 0 Å². The van der Waals surface area contributed by atoms with Crippen LogP contribution in [0.25, 0.3) is 0 Å². The molecule has 0 amide bonds. The molecule has 2 heteroatoms. The summed E-state index contributed by atoms with van der Waals surface area (Å²) in [4.78, 5) is 0. The number of hydrogen-bond donors (Lipinski definition) is 1. The monoisotopic (exact) mass is 283 g/mol. The molecular formula is C19H25NO. The first kappa shape index (κ1) is 14.6. The van der Waals surface area contributed by atoms with E-state index in [0.29, 0.717) is 5.41 Å². The molecule has 21 heavy (non-hydrogen) atoms. The van der Waals surface area contributed by atoms with Gasteiger partial charge in [0.15, 0.2) is 0 Å². The van der Waals surface area contributed by atoms with Crippen LogP contribution in [0, 0.1) is 22.2 Å². The number of aliphatic hydroxyl groups is 1. The van der Waals surface area contributed by atoms with E-state index in [1.54, 1.807) is 0 Å². The van der Waals surface area contributed by atoms with Gasteiger partial charge in [-0.2, -0.15) is 5.26 Å². The van der Waals surface area contributed by atoms with Gasteiger partial charge in [0.1, 0.15) is 0 Å². The molecule has 3 rings (SSSR count). The summed E-state index contributed by atoms with van der Waals surface area (Å²) < 4.78 is 0. The van der Waals surface area contributed by atoms with Gasteiger partial charge in [-0.05, 0) is 61.0 Å². The van der Waals surface area contributed by atoms with E-state index >= 15 is 0 Å². The van der Waals surface area contributed by atoms with Crippen molar-refractivity contribution in [3.63, 3.8) is 0 Å². The molecule has 1 N–H and O–H groups in total. The third-order valence-corrected chi connectivity index (χ3v) is 5.54. The molecule has 1 unspecified atom stereocenters. The quantitative estimate of drug-likeness (QED) is 0.873. The van der Waals surface area contributed by atoms with Crippen molar-refractivity contribution in [3.05, 3.63) is 35.4 Å². The van der Waals surface area contributed by atoms with Crippen LogP contribution in [0.1, 0.15) is 75.5 Å². The van der Waals surface area contributed by atoms with Crippen LogP contribution < -0.4 is 0 Å². The third-order valence-electron chi connectivity index (χ3n) is 5.54. The molecule has 112 valence electrons. The number of nitrogens with zero attached hydrogens (tertiary/aromatic N) is 1. The molecule has 2 aliphatic rings. The number of nitriles is 1. The zero-order valence-corrected chi connectivity index (χ0v) is 13.1. The van der Waals surface area contributed by atoms with Gasteiger partial charge in [0.05, 0.1) is 17.6 Å². The van der Waals surface area contributed by atoms with Crippen LogP contribution >= 0.6 is 0 Å². The molecule has 2 nitrogen and oxygen atoms in total. The summed E-state index contributed by atoms with van der Waals surface area (Å²) in [7, 11) is 0. The van der Waals surface area contributed by atoms with Crippen molar-refractivity contribution in [3.8, 4) is 6.07 Å². The fourth-order valence-electron chi connectivity index (χ4n) is 3.51. The summed E-state index contributed by atoms with van der Waals surface area (Å²) in [5.41, 5.74) is 1.98. The lowest BCUT2D eigenvalue weighted by atomic mass is 9.62. The Hall–Kier alpha value is -1.33. The standard InChI is InChI=1S/C19H25NO/c1-18(2)9-11-19(13-20,12-10-18)17(21)16-7-5-15(6-8-16)14-3-4-14/h5-8,14,17,21H,3-4,9-12H2,1-2H3. The van der Waals surface area contributed by atoms with E-state index in [-0.39, 0.29) is 0 Å². The number of rotatable bonds is 3. The van der Waals surface area contributed by atoms with Gasteiger partial charge in [-0.15, -0.1) is 0 Å². The molecule has 0 spiro atoms. The maximum atomic E-state index is 10.8. The van der Waals surface area contributed by atoms with Gasteiger partial charge in [-0.1, -0.05) is 38.1 Å². The van der Waals surface area contributed by atoms with Crippen LogP contribution in [0.15, 0.2) is 24.3 Å². The second-order valence-corrected chi connectivity index (χ2v) is 7.78. The highest BCUT2D eigenvalue weighted by atomic mass is 16.3. The van der Waals surface area contributed by atoms with Gasteiger partial charge < -0.3 is 5.11 Å². The summed E-state index contributed by atoms with van der Waals surface area (Å²) in [5.74, 6) is 0.733. The summed E-state index contributed by atoms with van der Waals surface area (Å²) >= 11 is 0. The predicted molar refractivity (Wildman–Crippen MR) is 83.7 cm³/mol. The maximum absolute atomic E-state index is 10.8. The predicted octanol–water partition coefficient (Wildman–Crippen LogP) is 4.71. The molecule has 1 aromatic rings. The zero-order chi connectivity index (χ0) is 15.1. The van der Waals surface area contributed by atoms with E-state index in [1.807, 2.05) is 12.1 Å². The van der Waals surface area contributed by atoms with Gasteiger partial charge in [0.25, 0.3) is 0 Å². The van der Waals surface area contributed by atoms with Crippen LogP contribution in [0.2, 0.25) is 0 Å². The van der Waals surface area contributed by atoms with E-state index in [2.05, 4.69) is 32.0 Å². The largest absolute Gasteiger partial charge is 0.387 e. The minimum atomic E-state index is -0.660. The number of hydrogen-bond acceptors (Lipinski definition) is 2. The molecule has 1 aromatic carbocycles. The molecule has 0 bridgehead atoms. The van der Waals surface area contributed by atoms with Crippen LogP contribution in [0.5, 0.6) is 0 Å². The third kappa shape index (κ3) is 2.85. The van der Waals surface area contributed by atoms with Gasteiger partial charge >= 0.3 is 0 Å². The first-order valence-corrected chi connectivity index (χ1v) is 8.15. The SMILES string of the molecule is CC1(C)CCC(C#N)(C(O)c2ccc(C3CC3)cc2)CC1. The van der Waals surface area contributed by atoms with Crippen LogP contribution in [0.4, 0.5) is 0 Å². The lowest BCUT2D eigenvalue weighted by molar-refractivity contribution is 0.00955. The van der Waals surface area contributed by atoms with E-state index in [9.17, 15) is 10.4 Å². The lowest BCUT2D eigenvalue weighted by Crippen LogP contribution is -2.35. The molecular weight excluding hydrogens is 258 g/mol. The molecule has 2 fully saturated rings. The Morgan fingerprint density at radius 3 is 2.14 bits per heavy atom. The van der Waals surface area contributed by atoms with Crippen molar-refractivity contribution < 1.29 is 5.11 Å². The second kappa shape index (κ2) is 5.14. The molecule has 2 aliphatic carbocycles. The molecule has 2 saturated carbocycles. The lowest BCUT2D eigenvalue weighted by Gasteiger charge is -2.42. The Morgan fingerprint density at radius 1 is 1.10 bits per heavy atom. The molecule has 1 atom stereocenters. The van der Waals surface area contributed by atoms with Gasteiger partial charge in [0.2, 0.25) is 0 Å². The Labute approximate surface area is 127 Å².